The van der Waals surface area contributed by atoms with Gasteiger partial charge in [-0.25, -0.2) is 4.79 Å². The molecule has 0 aromatic rings. The number of hydrogen-bond donors (Lipinski definition) is 0. The molecule has 0 N–H and O–H groups in total. The van der Waals surface area contributed by atoms with E-state index in [2.05, 4.69) is 6.58 Å². The number of carbonyl (C=O) groups excluding carboxylic acids is 1. The van der Waals surface area contributed by atoms with Crippen LogP contribution in [0.15, 0.2) is 12.2 Å². The molecule has 0 amide bonds. The van der Waals surface area contributed by atoms with E-state index in [4.69, 9.17) is 14.2 Å². The van der Waals surface area contributed by atoms with Gasteiger partial charge in [0.2, 0.25) is 0 Å². The summed E-state index contributed by atoms with van der Waals surface area (Å²) in [6, 6.07) is 0. The van der Waals surface area contributed by atoms with Crippen LogP contribution in [0.4, 0.5) is 0 Å². The third-order valence-electron chi connectivity index (χ3n) is 7.12. The van der Waals surface area contributed by atoms with Crippen LogP contribution in [-0.4, -0.2) is 30.1 Å². The van der Waals surface area contributed by atoms with Gasteiger partial charge in [0.15, 0.2) is 5.79 Å². The Morgan fingerprint density at radius 3 is 2.29 bits per heavy atom. The highest BCUT2D eigenvalue weighted by atomic mass is 16.8. The van der Waals surface area contributed by atoms with Gasteiger partial charge in [0, 0.05) is 17.4 Å². The lowest BCUT2D eigenvalue weighted by Gasteiger charge is -2.58. The average Bonchev–Trinajstić information content (AvgIpc) is 2.98. The molecule has 2 unspecified atom stereocenters. The average molecular weight is 334 g/mol. The summed E-state index contributed by atoms with van der Waals surface area (Å²) in [5, 5.41) is 0. The molecule has 134 valence electrons. The van der Waals surface area contributed by atoms with Gasteiger partial charge in [0.25, 0.3) is 0 Å². The molecule has 0 aromatic carbocycles. The lowest BCUT2D eigenvalue weighted by atomic mass is 9.53. The van der Waals surface area contributed by atoms with Crippen molar-refractivity contribution in [3.63, 3.8) is 0 Å². The van der Waals surface area contributed by atoms with E-state index < -0.39 is 11.4 Å². The zero-order valence-electron chi connectivity index (χ0n) is 15.2. The van der Waals surface area contributed by atoms with Gasteiger partial charge < -0.3 is 14.2 Å². The Balaban J connectivity index is 1.53. The summed E-state index contributed by atoms with van der Waals surface area (Å²) >= 11 is 0. The number of hydrogen-bond acceptors (Lipinski definition) is 4. The maximum Gasteiger partial charge on any atom is 0.333 e. The van der Waals surface area contributed by atoms with E-state index in [9.17, 15) is 4.79 Å². The Morgan fingerprint density at radius 1 is 1.21 bits per heavy atom. The largest absolute Gasteiger partial charge is 0.453 e. The summed E-state index contributed by atoms with van der Waals surface area (Å²) in [6.07, 6.45) is 6.90. The molecule has 5 aliphatic rings. The zero-order chi connectivity index (χ0) is 17.1. The Labute approximate surface area is 144 Å². The molecular formula is C20H30O4. The molecule has 4 heteroatoms. The van der Waals surface area contributed by atoms with Gasteiger partial charge in [0.05, 0.1) is 6.61 Å². The van der Waals surface area contributed by atoms with Crippen LogP contribution in [0, 0.1) is 23.7 Å². The van der Waals surface area contributed by atoms with Gasteiger partial charge >= 0.3 is 5.97 Å². The highest BCUT2D eigenvalue weighted by molar-refractivity contribution is 5.87. The van der Waals surface area contributed by atoms with E-state index in [0.29, 0.717) is 30.4 Å². The SMILES string of the molecule is C=C(C)C(=O)OC(C)(CC)C1COC2(O1)C1CC3CC(C1)CC2C3. The second-order valence-corrected chi connectivity index (χ2v) is 8.78. The summed E-state index contributed by atoms with van der Waals surface area (Å²) in [5.74, 6) is 2.05. The first kappa shape index (κ1) is 16.6. The van der Waals surface area contributed by atoms with Gasteiger partial charge in [-0.1, -0.05) is 13.5 Å². The Morgan fingerprint density at radius 2 is 1.79 bits per heavy atom. The van der Waals surface area contributed by atoms with E-state index in [1.807, 2.05) is 13.8 Å². The van der Waals surface area contributed by atoms with Crippen molar-refractivity contribution in [1.29, 1.82) is 0 Å². The lowest BCUT2D eigenvalue weighted by molar-refractivity contribution is -0.302. The highest BCUT2D eigenvalue weighted by Gasteiger charge is 2.63. The van der Waals surface area contributed by atoms with Crippen molar-refractivity contribution < 1.29 is 19.0 Å². The van der Waals surface area contributed by atoms with Crippen LogP contribution in [-0.2, 0) is 19.0 Å². The molecular weight excluding hydrogens is 304 g/mol. The first-order chi connectivity index (χ1) is 11.4. The minimum Gasteiger partial charge on any atom is -0.453 e. The predicted molar refractivity (Wildman–Crippen MR) is 90.2 cm³/mol. The van der Waals surface area contributed by atoms with Crippen molar-refractivity contribution in [2.75, 3.05) is 6.61 Å². The van der Waals surface area contributed by atoms with Crippen molar-refractivity contribution in [2.45, 2.75) is 76.8 Å². The van der Waals surface area contributed by atoms with E-state index in [-0.39, 0.29) is 12.1 Å². The zero-order valence-corrected chi connectivity index (χ0v) is 15.2. The summed E-state index contributed by atoms with van der Waals surface area (Å²) in [5.41, 5.74) is -0.230. The molecule has 2 atom stereocenters. The van der Waals surface area contributed by atoms with Gasteiger partial charge in [-0.05, 0) is 64.2 Å². The smallest absolute Gasteiger partial charge is 0.333 e. The third-order valence-corrected chi connectivity index (χ3v) is 7.12. The second kappa shape index (κ2) is 5.57. The second-order valence-electron chi connectivity index (χ2n) is 8.78. The van der Waals surface area contributed by atoms with Crippen molar-refractivity contribution in [1.82, 2.24) is 0 Å². The van der Waals surface area contributed by atoms with Crippen LogP contribution < -0.4 is 0 Å². The van der Waals surface area contributed by atoms with E-state index >= 15 is 0 Å². The molecule has 0 aromatic heterocycles. The van der Waals surface area contributed by atoms with Crippen molar-refractivity contribution >= 4 is 5.97 Å². The molecule has 1 heterocycles. The predicted octanol–water partition coefficient (Wildman–Crippen LogP) is 3.84. The fourth-order valence-corrected chi connectivity index (χ4v) is 5.73. The van der Waals surface area contributed by atoms with Crippen LogP contribution in [0.5, 0.6) is 0 Å². The fourth-order valence-electron chi connectivity index (χ4n) is 5.73. The van der Waals surface area contributed by atoms with Gasteiger partial charge in [-0.3, -0.25) is 0 Å². The molecule has 0 radical (unpaired) electrons. The lowest BCUT2D eigenvalue weighted by Crippen LogP contribution is -2.59. The standard InChI is InChI=1S/C20H30O4/c1-5-19(4,24-18(21)12(2)3)17-11-22-20(23-17)15-7-13-6-14(9-15)10-16(20)8-13/h13-17H,2,5-11H2,1,3-4H3. The summed E-state index contributed by atoms with van der Waals surface area (Å²) in [6.45, 7) is 9.91. The van der Waals surface area contributed by atoms with Crippen molar-refractivity contribution in [3.05, 3.63) is 12.2 Å². The van der Waals surface area contributed by atoms with Crippen LogP contribution in [0.2, 0.25) is 0 Å². The fraction of sp³-hybridized carbons (Fsp3) is 0.850. The van der Waals surface area contributed by atoms with Crippen LogP contribution >= 0.6 is 0 Å². The molecule has 1 aliphatic heterocycles. The maximum atomic E-state index is 12.1. The molecule has 4 saturated carbocycles. The van der Waals surface area contributed by atoms with E-state index in [1.54, 1.807) is 6.92 Å². The quantitative estimate of drug-likeness (QED) is 0.579. The Bertz CT molecular complexity index is 526. The van der Waals surface area contributed by atoms with Crippen LogP contribution in [0.25, 0.3) is 0 Å². The molecule has 1 spiro atoms. The summed E-state index contributed by atoms with van der Waals surface area (Å²) < 4.78 is 18.8. The van der Waals surface area contributed by atoms with Gasteiger partial charge in [0.1, 0.15) is 11.7 Å². The van der Waals surface area contributed by atoms with Gasteiger partial charge in [-0.15, -0.1) is 0 Å². The maximum absolute atomic E-state index is 12.1. The monoisotopic (exact) mass is 334 g/mol. The molecule has 4 nitrogen and oxygen atoms in total. The molecule has 4 aliphatic carbocycles. The highest BCUT2D eigenvalue weighted by Crippen LogP contribution is 2.62. The van der Waals surface area contributed by atoms with E-state index in [1.165, 1.54) is 32.1 Å². The molecule has 24 heavy (non-hydrogen) atoms. The van der Waals surface area contributed by atoms with Crippen molar-refractivity contribution in [3.8, 4) is 0 Å². The summed E-state index contributed by atoms with van der Waals surface area (Å²) in [4.78, 5) is 12.1. The number of ether oxygens (including phenoxy) is 3. The summed E-state index contributed by atoms with van der Waals surface area (Å²) in [7, 11) is 0. The van der Waals surface area contributed by atoms with Crippen LogP contribution in [0.3, 0.4) is 0 Å². The minimum absolute atomic E-state index is 0.191. The first-order valence-corrected chi connectivity index (χ1v) is 9.57. The molecule has 5 rings (SSSR count). The molecule has 4 bridgehead atoms. The Kier molecular flexibility index (Phi) is 3.85. The molecule has 1 saturated heterocycles. The Hall–Kier alpha value is -0.870. The minimum atomic E-state index is -0.659. The third kappa shape index (κ3) is 2.37. The van der Waals surface area contributed by atoms with Gasteiger partial charge in [-0.2, -0.15) is 0 Å². The topological polar surface area (TPSA) is 44.8 Å². The van der Waals surface area contributed by atoms with E-state index in [0.717, 1.165) is 11.8 Å². The van der Waals surface area contributed by atoms with Crippen LogP contribution in [0.1, 0.15) is 59.3 Å². The normalized spacial score (nSPS) is 45.4. The van der Waals surface area contributed by atoms with Crippen molar-refractivity contribution in [2.24, 2.45) is 23.7 Å². The number of rotatable bonds is 4. The first-order valence-electron chi connectivity index (χ1n) is 9.57. The number of esters is 1. The molecule has 5 fully saturated rings. The number of carbonyl (C=O) groups is 1.